The van der Waals surface area contributed by atoms with Gasteiger partial charge in [-0.25, -0.2) is 4.39 Å². The van der Waals surface area contributed by atoms with Gasteiger partial charge in [-0.1, -0.05) is 6.07 Å². The fourth-order valence-corrected chi connectivity index (χ4v) is 1.64. The van der Waals surface area contributed by atoms with Gasteiger partial charge < -0.3 is 0 Å². The van der Waals surface area contributed by atoms with Gasteiger partial charge in [0, 0.05) is 16.9 Å². The topological polar surface area (TPSA) is 22.0 Å². The van der Waals surface area contributed by atoms with Gasteiger partial charge in [-0.15, -0.1) is 0 Å². The third-order valence-corrected chi connectivity index (χ3v) is 2.55. The Hall–Kier alpha value is -1.90. The second-order valence-electron chi connectivity index (χ2n) is 3.77. The zero-order valence-electron chi connectivity index (χ0n) is 9.20. The normalized spacial score (nSPS) is 10.4. The van der Waals surface area contributed by atoms with E-state index in [-0.39, 0.29) is 11.4 Å². The van der Waals surface area contributed by atoms with Crippen molar-refractivity contribution < 1.29 is 4.39 Å². The monoisotopic (exact) mass is 217 g/mol. The van der Waals surface area contributed by atoms with Gasteiger partial charge in [0.15, 0.2) is 0 Å². The van der Waals surface area contributed by atoms with Gasteiger partial charge in [-0.05, 0) is 44.2 Å². The van der Waals surface area contributed by atoms with Crippen LogP contribution in [0.25, 0.3) is 5.69 Å². The van der Waals surface area contributed by atoms with Crippen LogP contribution in [0.15, 0.2) is 41.2 Å². The summed E-state index contributed by atoms with van der Waals surface area (Å²) in [6, 6.07) is 9.57. The van der Waals surface area contributed by atoms with E-state index in [1.807, 2.05) is 13.0 Å². The number of hydrogen-bond acceptors (Lipinski definition) is 1. The molecule has 0 fully saturated rings. The SMILES string of the molecule is Cc1ccc(C)n(-c2ccc(F)cc2)c1=O. The maximum Gasteiger partial charge on any atom is 0.258 e. The molecule has 0 radical (unpaired) electrons. The van der Waals surface area contributed by atoms with E-state index in [0.717, 1.165) is 5.69 Å². The molecule has 1 aromatic carbocycles. The predicted molar refractivity (Wildman–Crippen MR) is 61.5 cm³/mol. The Balaban J connectivity index is 2.69. The van der Waals surface area contributed by atoms with Crippen LogP contribution < -0.4 is 5.56 Å². The molecule has 0 bridgehead atoms. The van der Waals surface area contributed by atoms with E-state index in [1.165, 1.54) is 12.1 Å². The summed E-state index contributed by atoms with van der Waals surface area (Å²) >= 11 is 0. The van der Waals surface area contributed by atoms with E-state index in [2.05, 4.69) is 0 Å². The summed E-state index contributed by atoms with van der Waals surface area (Å²) in [5.74, 6) is -0.304. The molecule has 0 spiro atoms. The maximum absolute atomic E-state index is 12.8. The fraction of sp³-hybridized carbons (Fsp3) is 0.154. The van der Waals surface area contributed by atoms with Gasteiger partial charge in [-0.2, -0.15) is 0 Å². The van der Waals surface area contributed by atoms with Crippen LogP contribution >= 0.6 is 0 Å². The number of hydrogen-bond donors (Lipinski definition) is 0. The van der Waals surface area contributed by atoms with Gasteiger partial charge in [0.2, 0.25) is 0 Å². The second-order valence-corrected chi connectivity index (χ2v) is 3.77. The van der Waals surface area contributed by atoms with E-state index >= 15 is 0 Å². The first-order valence-electron chi connectivity index (χ1n) is 5.05. The summed E-state index contributed by atoms with van der Waals surface area (Å²) in [5, 5.41) is 0. The van der Waals surface area contributed by atoms with Crippen molar-refractivity contribution in [2.45, 2.75) is 13.8 Å². The summed E-state index contributed by atoms with van der Waals surface area (Å²) in [7, 11) is 0. The number of halogens is 1. The highest BCUT2D eigenvalue weighted by atomic mass is 19.1. The van der Waals surface area contributed by atoms with E-state index < -0.39 is 0 Å². The highest BCUT2D eigenvalue weighted by Gasteiger charge is 2.05. The molecular weight excluding hydrogens is 205 g/mol. The minimum atomic E-state index is -0.304. The lowest BCUT2D eigenvalue weighted by Gasteiger charge is -2.10. The number of nitrogens with zero attached hydrogens (tertiary/aromatic N) is 1. The highest BCUT2D eigenvalue weighted by molar-refractivity contribution is 5.35. The van der Waals surface area contributed by atoms with Crippen LogP contribution in [0.2, 0.25) is 0 Å². The molecule has 0 saturated heterocycles. The van der Waals surface area contributed by atoms with Gasteiger partial charge in [0.1, 0.15) is 5.82 Å². The molecule has 2 aromatic rings. The zero-order valence-corrected chi connectivity index (χ0v) is 9.20. The van der Waals surface area contributed by atoms with E-state index in [9.17, 15) is 9.18 Å². The molecule has 0 unspecified atom stereocenters. The predicted octanol–water partition coefficient (Wildman–Crippen LogP) is 2.59. The zero-order chi connectivity index (χ0) is 11.7. The smallest absolute Gasteiger partial charge is 0.258 e. The minimum absolute atomic E-state index is 0.0633. The first kappa shape index (κ1) is 10.6. The number of aryl methyl sites for hydroxylation is 2. The minimum Gasteiger partial charge on any atom is -0.281 e. The Morgan fingerprint density at radius 2 is 1.62 bits per heavy atom. The first-order chi connectivity index (χ1) is 7.59. The molecule has 2 rings (SSSR count). The molecular formula is C13H12FNO. The Kier molecular flexibility index (Phi) is 2.60. The molecule has 1 aromatic heterocycles. The first-order valence-corrected chi connectivity index (χ1v) is 5.05. The van der Waals surface area contributed by atoms with Gasteiger partial charge in [-0.3, -0.25) is 9.36 Å². The van der Waals surface area contributed by atoms with Gasteiger partial charge in [0.25, 0.3) is 5.56 Å². The number of rotatable bonds is 1. The standard InChI is InChI=1S/C13H12FNO/c1-9-3-4-10(2)15(13(9)16)12-7-5-11(14)6-8-12/h3-8H,1-2H3. The van der Waals surface area contributed by atoms with E-state index in [4.69, 9.17) is 0 Å². The van der Waals surface area contributed by atoms with Crippen molar-refractivity contribution in [1.29, 1.82) is 0 Å². The summed E-state index contributed by atoms with van der Waals surface area (Å²) in [6.07, 6.45) is 0. The average molecular weight is 217 g/mol. The third-order valence-electron chi connectivity index (χ3n) is 2.55. The van der Waals surface area contributed by atoms with Crippen molar-refractivity contribution in [3.63, 3.8) is 0 Å². The van der Waals surface area contributed by atoms with Crippen LogP contribution in [-0.4, -0.2) is 4.57 Å². The molecule has 0 aliphatic heterocycles. The lowest BCUT2D eigenvalue weighted by Crippen LogP contribution is -2.22. The molecule has 0 N–H and O–H groups in total. The molecule has 0 aliphatic carbocycles. The van der Waals surface area contributed by atoms with Crippen molar-refractivity contribution in [3.05, 3.63) is 63.8 Å². The van der Waals surface area contributed by atoms with Crippen LogP contribution in [-0.2, 0) is 0 Å². The Bertz CT molecular complexity index is 569. The average Bonchev–Trinajstić information content (AvgIpc) is 2.27. The molecule has 2 nitrogen and oxygen atoms in total. The quantitative estimate of drug-likeness (QED) is 0.719. The Morgan fingerprint density at radius 1 is 1.00 bits per heavy atom. The Labute approximate surface area is 93.0 Å². The lowest BCUT2D eigenvalue weighted by atomic mass is 10.2. The van der Waals surface area contributed by atoms with Crippen molar-refractivity contribution in [2.24, 2.45) is 0 Å². The third kappa shape index (κ3) is 1.76. The number of pyridine rings is 1. The molecule has 0 aliphatic rings. The van der Waals surface area contributed by atoms with Crippen LogP contribution in [0.5, 0.6) is 0 Å². The van der Waals surface area contributed by atoms with Crippen molar-refractivity contribution >= 4 is 0 Å². The molecule has 0 saturated carbocycles. The fourth-order valence-electron chi connectivity index (χ4n) is 1.64. The van der Waals surface area contributed by atoms with Crippen LogP contribution in [0, 0.1) is 19.7 Å². The summed E-state index contributed by atoms with van der Waals surface area (Å²) in [6.45, 7) is 3.62. The van der Waals surface area contributed by atoms with Crippen molar-refractivity contribution in [3.8, 4) is 5.69 Å². The summed E-state index contributed by atoms with van der Waals surface area (Å²) in [5.41, 5.74) is 2.14. The van der Waals surface area contributed by atoms with Gasteiger partial charge in [0.05, 0.1) is 0 Å². The van der Waals surface area contributed by atoms with E-state index in [0.29, 0.717) is 11.3 Å². The van der Waals surface area contributed by atoms with Crippen molar-refractivity contribution in [1.82, 2.24) is 4.57 Å². The van der Waals surface area contributed by atoms with Crippen molar-refractivity contribution in [2.75, 3.05) is 0 Å². The molecule has 16 heavy (non-hydrogen) atoms. The molecule has 0 amide bonds. The molecule has 3 heteroatoms. The largest absolute Gasteiger partial charge is 0.281 e. The van der Waals surface area contributed by atoms with Crippen LogP contribution in [0.3, 0.4) is 0 Å². The lowest BCUT2D eigenvalue weighted by molar-refractivity contribution is 0.627. The summed E-state index contributed by atoms with van der Waals surface area (Å²) in [4.78, 5) is 11.9. The molecule has 0 atom stereocenters. The second kappa shape index (κ2) is 3.93. The maximum atomic E-state index is 12.8. The van der Waals surface area contributed by atoms with E-state index in [1.54, 1.807) is 29.7 Å². The number of benzene rings is 1. The van der Waals surface area contributed by atoms with Gasteiger partial charge >= 0.3 is 0 Å². The van der Waals surface area contributed by atoms with Crippen LogP contribution in [0.1, 0.15) is 11.3 Å². The highest BCUT2D eigenvalue weighted by Crippen LogP contribution is 2.10. The molecule has 82 valence electrons. The number of aromatic nitrogens is 1. The summed E-state index contributed by atoms with van der Waals surface area (Å²) < 4.78 is 14.4. The molecule has 1 heterocycles. The van der Waals surface area contributed by atoms with Crippen LogP contribution in [0.4, 0.5) is 4.39 Å². The Morgan fingerprint density at radius 3 is 2.25 bits per heavy atom.